The standard InChI is InChI=1S/C50H67N11O11S2/c1-27(62)41(43(53)65)59-47(69)39-26-74-73-25-38(57-44(66)34(52)21-30-16-18-32(64)19-17-30)46(68)55-36(22-29-11-5-4-6-12-29)45(67)56-37(23-31-24-54-35-14-8-7-13-33(31)35)50(72)61(3)40(15-9-10-20-51)48(70)60-42(28(2)63)49(71)58-39/h4-8,11-14,16-19,24,27-28,34,36-42,54,62-64H,9-10,15,20-23,25-26,51-52H2,1-3H3,(H2,53,65)(H,55,68)(H,56,67)(H,57,66)(H,58,71)(H,59,69)(H,60,70)/t27-,28-,34+,36+,37-,38+,39+,40+,41+,42+/m1/s1. The summed E-state index contributed by atoms with van der Waals surface area (Å²) in [5.41, 5.74) is 20.3. The minimum absolute atomic E-state index is 0.00279. The molecule has 16 N–H and O–H groups in total. The molecule has 1 aliphatic rings. The molecule has 0 radical (unpaired) electrons. The molecule has 1 aromatic heterocycles. The van der Waals surface area contributed by atoms with Gasteiger partial charge in [0.25, 0.3) is 0 Å². The van der Waals surface area contributed by atoms with Gasteiger partial charge in [0.1, 0.15) is 48.0 Å². The number of phenolic OH excluding ortho intramolecular Hbond substituents is 1. The summed E-state index contributed by atoms with van der Waals surface area (Å²) in [6.45, 7) is 2.69. The number of amides is 8. The van der Waals surface area contributed by atoms with Crippen molar-refractivity contribution in [2.45, 2.75) is 113 Å². The van der Waals surface area contributed by atoms with Gasteiger partial charge in [-0.15, -0.1) is 0 Å². The third-order valence-electron chi connectivity index (χ3n) is 12.4. The molecule has 10 atom stereocenters. The minimum atomic E-state index is -1.72. The van der Waals surface area contributed by atoms with Gasteiger partial charge in [0.05, 0.1) is 18.2 Å². The van der Waals surface area contributed by atoms with Gasteiger partial charge in [0, 0.05) is 48.5 Å². The first-order chi connectivity index (χ1) is 35.3. The zero-order chi connectivity index (χ0) is 54.1. The van der Waals surface area contributed by atoms with Crippen LogP contribution in [0.25, 0.3) is 10.9 Å². The maximum atomic E-state index is 15.0. The molecule has 1 saturated heterocycles. The second-order valence-corrected chi connectivity index (χ2v) is 20.7. The van der Waals surface area contributed by atoms with Gasteiger partial charge in [-0.1, -0.05) is 82.3 Å². The number of rotatable bonds is 17. The zero-order valence-electron chi connectivity index (χ0n) is 41.3. The summed E-state index contributed by atoms with van der Waals surface area (Å²) in [5.74, 6) is -7.58. The minimum Gasteiger partial charge on any atom is -0.508 e. The van der Waals surface area contributed by atoms with E-state index in [9.17, 15) is 48.9 Å². The normalized spacial score (nSPS) is 22.5. The summed E-state index contributed by atoms with van der Waals surface area (Å²) in [6.07, 6.45) is -0.696. The first kappa shape index (κ1) is 58.2. The molecule has 8 amide bonds. The van der Waals surface area contributed by atoms with Crippen LogP contribution in [-0.2, 0) is 57.6 Å². The Hall–Kier alpha value is -6.70. The predicted molar refractivity (Wildman–Crippen MR) is 280 cm³/mol. The molecule has 0 saturated carbocycles. The second-order valence-electron chi connectivity index (χ2n) is 18.1. The van der Waals surface area contributed by atoms with Crippen LogP contribution in [0.4, 0.5) is 0 Å². The molecule has 3 aromatic carbocycles. The van der Waals surface area contributed by atoms with Gasteiger partial charge in [-0.05, 0) is 81.0 Å². The van der Waals surface area contributed by atoms with Crippen molar-refractivity contribution in [2.75, 3.05) is 25.1 Å². The van der Waals surface area contributed by atoms with Gasteiger partial charge in [-0.25, -0.2) is 0 Å². The van der Waals surface area contributed by atoms with Crippen molar-refractivity contribution in [3.8, 4) is 5.75 Å². The van der Waals surface area contributed by atoms with E-state index in [1.54, 1.807) is 48.7 Å². The highest BCUT2D eigenvalue weighted by Gasteiger charge is 2.39. The van der Waals surface area contributed by atoms with Crippen LogP contribution in [0, 0.1) is 0 Å². The van der Waals surface area contributed by atoms with E-state index in [0.29, 0.717) is 29.5 Å². The highest BCUT2D eigenvalue weighted by atomic mass is 33.1. The number of para-hydroxylation sites is 1. The van der Waals surface area contributed by atoms with Crippen LogP contribution in [0.3, 0.4) is 0 Å². The van der Waals surface area contributed by atoms with Crippen LogP contribution >= 0.6 is 21.6 Å². The molecule has 0 aliphatic carbocycles. The molecule has 1 fully saturated rings. The average Bonchev–Trinajstić information content (AvgIpc) is 3.78. The van der Waals surface area contributed by atoms with Crippen LogP contribution < -0.4 is 49.1 Å². The number of aromatic hydroxyl groups is 1. The van der Waals surface area contributed by atoms with E-state index < -0.39 is 108 Å². The first-order valence-electron chi connectivity index (χ1n) is 24.1. The number of nitrogens with one attached hydrogen (secondary N) is 7. The van der Waals surface area contributed by atoms with E-state index in [1.165, 1.54) is 33.0 Å². The maximum absolute atomic E-state index is 15.0. The molecule has 0 unspecified atom stereocenters. The topological polar surface area (TPSA) is 367 Å². The lowest BCUT2D eigenvalue weighted by Gasteiger charge is -2.33. The van der Waals surface area contributed by atoms with Gasteiger partial charge in [0.2, 0.25) is 47.3 Å². The number of H-pyrrole nitrogens is 1. The van der Waals surface area contributed by atoms with Gasteiger partial charge < -0.3 is 74.3 Å². The molecular weight excluding hydrogens is 995 g/mol. The number of primary amides is 1. The van der Waals surface area contributed by atoms with E-state index in [-0.39, 0.29) is 49.5 Å². The van der Waals surface area contributed by atoms with E-state index in [4.69, 9.17) is 17.2 Å². The van der Waals surface area contributed by atoms with Gasteiger partial charge in [-0.3, -0.25) is 38.4 Å². The summed E-state index contributed by atoms with van der Waals surface area (Å²) < 4.78 is 0. The fraction of sp³-hybridized carbons (Fsp3) is 0.440. The number of phenols is 1. The number of benzene rings is 3. The van der Waals surface area contributed by atoms with E-state index in [1.807, 2.05) is 24.3 Å². The van der Waals surface area contributed by atoms with Crippen LogP contribution in [0.2, 0.25) is 0 Å². The fourth-order valence-corrected chi connectivity index (χ4v) is 10.5. The highest BCUT2D eigenvalue weighted by Crippen LogP contribution is 2.25. The monoisotopic (exact) mass is 1060 g/mol. The number of aromatic amines is 1. The average molecular weight is 1060 g/mol. The SMILES string of the molecule is C[C@@H](O)[C@H](NC(=O)[C@@H]1CSSC[C@H](NC(=O)[C@@H](N)Cc2ccc(O)cc2)C(=O)N[C@@H](Cc2ccccc2)C(=O)N[C@H](Cc2c[nH]c3ccccc23)C(=O)N(C)[C@@H](CCCCN)C(=O)N[C@@H]([C@@H](C)O)C(=O)N1)C(N)=O. The molecule has 22 nitrogen and oxygen atoms in total. The summed E-state index contributed by atoms with van der Waals surface area (Å²) in [6, 6.07) is 10.6. The smallest absolute Gasteiger partial charge is 0.245 e. The van der Waals surface area contributed by atoms with Crippen LogP contribution in [-0.4, -0.2) is 158 Å². The van der Waals surface area contributed by atoms with Crippen molar-refractivity contribution in [1.29, 1.82) is 0 Å². The molecule has 24 heteroatoms. The fourth-order valence-electron chi connectivity index (χ4n) is 8.16. The van der Waals surface area contributed by atoms with Crippen molar-refractivity contribution in [3.63, 3.8) is 0 Å². The summed E-state index contributed by atoms with van der Waals surface area (Å²) in [4.78, 5) is 117. The van der Waals surface area contributed by atoms with E-state index in [0.717, 1.165) is 37.4 Å². The maximum Gasteiger partial charge on any atom is 0.245 e. The number of nitrogens with zero attached hydrogens (tertiary/aromatic N) is 1. The molecule has 5 rings (SSSR count). The number of unbranched alkanes of at least 4 members (excludes halogenated alkanes) is 1. The molecule has 400 valence electrons. The number of carbonyl (C=O) groups is 8. The molecule has 1 aliphatic heterocycles. The summed E-state index contributed by atoms with van der Waals surface area (Å²) >= 11 is 0. The Morgan fingerprint density at radius 3 is 2.11 bits per heavy atom. The Kier molecular flexibility index (Phi) is 22.1. The van der Waals surface area contributed by atoms with Crippen molar-refractivity contribution in [3.05, 3.63) is 102 Å². The Labute approximate surface area is 436 Å². The highest BCUT2D eigenvalue weighted by molar-refractivity contribution is 8.76. The lowest BCUT2D eigenvalue weighted by molar-refractivity contribution is -0.144. The van der Waals surface area contributed by atoms with Gasteiger partial charge in [0.15, 0.2) is 0 Å². The van der Waals surface area contributed by atoms with Crippen molar-refractivity contribution >= 4 is 79.7 Å². The number of carbonyl (C=O) groups excluding carboxylic acids is 8. The number of hydrogen-bond donors (Lipinski definition) is 13. The number of aliphatic hydroxyl groups is 2. The number of fused-ring (bicyclic) bond motifs is 1. The Morgan fingerprint density at radius 2 is 1.45 bits per heavy atom. The quantitative estimate of drug-likeness (QED) is 0.0434. The van der Waals surface area contributed by atoms with E-state index in [2.05, 4.69) is 36.9 Å². The summed E-state index contributed by atoms with van der Waals surface area (Å²) in [7, 11) is 3.29. The largest absolute Gasteiger partial charge is 0.508 e. The lowest BCUT2D eigenvalue weighted by atomic mass is 10.00. The van der Waals surface area contributed by atoms with Crippen LogP contribution in [0.15, 0.2) is 85.1 Å². The van der Waals surface area contributed by atoms with Crippen molar-refractivity contribution < 1.29 is 53.7 Å². The molecule has 0 bridgehead atoms. The molecule has 4 aromatic rings. The third kappa shape index (κ3) is 16.7. The van der Waals surface area contributed by atoms with Crippen molar-refractivity contribution in [2.24, 2.45) is 17.2 Å². The second kappa shape index (κ2) is 28.1. The Balaban J connectivity index is 1.60. The first-order valence-corrected chi connectivity index (χ1v) is 26.6. The lowest BCUT2D eigenvalue weighted by Crippen LogP contribution is -2.63. The van der Waals surface area contributed by atoms with Crippen LogP contribution in [0.1, 0.15) is 49.8 Å². The molecule has 0 spiro atoms. The van der Waals surface area contributed by atoms with Gasteiger partial charge >= 0.3 is 0 Å². The third-order valence-corrected chi connectivity index (χ3v) is 14.8. The van der Waals surface area contributed by atoms with Crippen molar-refractivity contribution in [1.82, 2.24) is 41.8 Å². The zero-order valence-corrected chi connectivity index (χ0v) is 43.0. The van der Waals surface area contributed by atoms with Crippen LogP contribution in [0.5, 0.6) is 5.75 Å². The molecule has 74 heavy (non-hydrogen) atoms. The van der Waals surface area contributed by atoms with Gasteiger partial charge in [-0.2, -0.15) is 0 Å². The predicted octanol–water partition coefficient (Wildman–Crippen LogP) is -1.26. The Bertz CT molecular complexity index is 2570. The molecule has 2 heterocycles. The number of aromatic nitrogens is 1. The van der Waals surface area contributed by atoms with E-state index >= 15 is 4.79 Å². The number of likely N-dealkylation sites (N-methyl/N-ethyl adjacent to an activating group) is 1. The number of nitrogens with two attached hydrogens (primary N) is 3. The Morgan fingerprint density at radius 1 is 0.784 bits per heavy atom. The number of aliphatic hydroxyl groups excluding tert-OH is 2. The number of hydrogen-bond acceptors (Lipinski definition) is 15. The molecular formula is C50H67N11O11S2. The summed E-state index contributed by atoms with van der Waals surface area (Å²) in [5, 5.41) is 47.5.